The van der Waals surface area contributed by atoms with Crippen molar-refractivity contribution in [2.75, 3.05) is 14.1 Å². The van der Waals surface area contributed by atoms with Crippen LogP contribution in [0.1, 0.15) is 168 Å². The molecule has 8 aliphatic rings. The quantitative estimate of drug-likeness (QED) is 0.221. The molecule has 0 aliphatic heterocycles. The normalized spacial score (nSPS) is 37.5. The average Bonchev–Trinajstić information content (AvgIpc) is 3.85. The molecular formula is C58H94N6O12S2. The van der Waals surface area contributed by atoms with E-state index in [4.69, 9.17) is 0 Å². The summed E-state index contributed by atoms with van der Waals surface area (Å²) in [6.45, 7) is 12.9. The van der Waals surface area contributed by atoms with Crippen molar-refractivity contribution >= 4 is 43.8 Å². The van der Waals surface area contributed by atoms with Gasteiger partial charge in [0.1, 0.15) is 11.6 Å². The predicted molar refractivity (Wildman–Crippen MR) is 302 cm³/mol. The second-order valence-corrected chi connectivity index (χ2v) is 29.0. The minimum Gasteiger partial charge on any atom is -0.412 e. The van der Waals surface area contributed by atoms with Gasteiger partial charge in [-0.15, -0.1) is 0 Å². The van der Waals surface area contributed by atoms with Crippen LogP contribution >= 0.6 is 0 Å². The molecule has 18 nitrogen and oxygen atoms in total. The Bertz CT molecular complexity index is 2510. The summed E-state index contributed by atoms with van der Waals surface area (Å²) in [5.74, 6) is 3.51. The number of amides is 2. The van der Waals surface area contributed by atoms with Crippen molar-refractivity contribution in [1.82, 2.24) is 28.7 Å². The van der Waals surface area contributed by atoms with E-state index in [1.807, 2.05) is 60.7 Å². The fourth-order valence-corrected chi connectivity index (χ4v) is 20.6. The number of nitrogens with one attached hydrogen (secondary N) is 4. The number of benzene rings is 2. The molecule has 12 N–H and O–H groups in total. The van der Waals surface area contributed by atoms with Crippen LogP contribution in [0.4, 0.5) is 0 Å². The van der Waals surface area contributed by atoms with E-state index in [-0.39, 0.29) is 67.5 Å². The largest absolute Gasteiger partial charge is 0.412 e. The van der Waals surface area contributed by atoms with E-state index in [2.05, 4.69) is 47.8 Å². The first-order chi connectivity index (χ1) is 34.9. The Hall–Kier alpha value is -3.70. The lowest BCUT2D eigenvalue weighted by atomic mass is 9.42. The van der Waals surface area contributed by atoms with Crippen LogP contribution in [0.3, 0.4) is 0 Å². The van der Waals surface area contributed by atoms with Crippen molar-refractivity contribution < 1.29 is 57.9 Å². The summed E-state index contributed by atoms with van der Waals surface area (Å²) in [6, 6.07) is 19.0. The lowest BCUT2D eigenvalue weighted by Crippen LogP contribution is -2.70. The van der Waals surface area contributed by atoms with Crippen LogP contribution in [0.2, 0.25) is 0 Å². The van der Waals surface area contributed by atoms with E-state index in [0.29, 0.717) is 85.8 Å². The fraction of sp³-hybridized carbons (Fsp3) is 0.724. The molecule has 8 fully saturated rings. The van der Waals surface area contributed by atoms with Crippen molar-refractivity contribution in [3.8, 4) is 0 Å². The Labute approximate surface area is 464 Å². The van der Waals surface area contributed by atoms with Gasteiger partial charge in [0, 0.05) is 87.9 Å². The first-order valence-electron chi connectivity index (χ1n) is 28.0. The molecule has 0 bridgehead atoms. The van der Waals surface area contributed by atoms with E-state index in [1.165, 1.54) is 14.1 Å². The summed E-state index contributed by atoms with van der Waals surface area (Å²) in [5.41, 5.74) is 0.342. The lowest BCUT2D eigenvalue weighted by molar-refractivity contribution is -0.154. The van der Waals surface area contributed by atoms with Gasteiger partial charge in [0.15, 0.2) is 0 Å². The first-order valence-corrected chi connectivity index (χ1v) is 30.9. The van der Waals surface area contributed by atoms with E-state index in [1.54, 1.807) is 22.5 Å². The number of Topliss-reactive ketones (excluding diaryl/α,β-unsaturated/α-hetero) is 2. The van der Waals surface area contributed by atoms with Crippen LogP contribution in [-0.2, 0) is 52.7 Å². The SMILES string of the molecule is CNS(=O)(=O)N(Cc1ccccc1)[C@@H]1CC[C@]2(C)[C@H]3CC[C@]4(C)C(=O)CC[C@H]4[C@@H]3CC[C@]2(NC(C)=O)C1.CNS(=O)(=O)N(Cc1ccccc1)[C@@H]1CC[C@]2(C)[C@H]3CC[C@]4(C)C(=O)CC[C@H]4[C@@H]3CC[C@]2(NC(C)=O)C1.O.O.O.O. The molecule has 8 saturated carbocycles. The molecule has 0 aromatic heterocycles. The molecule has 2 amide bonds. The summed E-state index contributed by atoms with van der Waals surface area (Å²) in [7, 11) is -4.44. The van der Waals surface area contributed by atoms with E-state index in [0.717, 1.165) is 101 Å². The lowest BCUT2D eigenvalue weighted by Gasteiger charge is -2.66. The molecule has 78 heavy (non-hydrogen) atoms. The highest BCUT2D eigenvalue weighted by molar-refractivity contribution is 7.87. The molecule has 2 aromatic carbocycles. The average molecular weight is 1130 g/mol. The van der Waals surface area contributed by atoms with Crippen LogP contribution in [0.25, 0.3) is 0 Å². The highest BCUT2D eigenvalue weighted by Gasteiger charge is 2.67. The molecule has 0 saturated heterocycles. The van der Waals surface area contributed by atoms with Gasteiger partial charge in [0.2, 0.25) is 11.8 Å². The third kappa shape index (κ3) is 11.1. The Balaban J connectivity index is 0.000000273. The van der Waals surface area contributed by atoms with E-state index >= 15 is 0 Å². The maximum atomic E-state index is 13.3. The van der Waals surface area contributed by atoms with Crippen LogP contribution in [-0.4, -0.2) is 108 Å². The predicted octanol–water partition coefficient (Wildman–Crippen LogP) is 5.09. The first kappa shape index (κ1) is 65.1. The molecule has 14 atom stereocenters. The number of rotatable bonds is 12. The maximum absolute atomic E-state index is 13.3. The van der Waals surface area contributed by atoms with Crippen LogP contribution in [0.15, 0.2) is 60.7 Å². The van der Waals surface area contributed by atoms with Crippen molar-refractivity contribution in [2.45, 2.75) is 193 Å². The number of carbonyl (C=O) groups is 4. The fourth-order valence-electron chi connectivity index (χ4n) is 18.3. The van der Waals surface area contributed by atoms with Gasteiger partial charge in [0.05, 0.1) is 0 Å². The minimum atomic E-state index is -3.69. The molecule has 0 heterocycles. The molecule has 0 spiro atoms. The number of ketones is 2. The number of nitrogens with zero attached hydrogens (tertiary/aromatic N) is 2. The Kier molecular flexibility index (Phi) is 20.1. The molecule has 440 valence electrons. The van der Waals surface area contributed by atoms with Crippen molar-refractivity contribution in [2.24, 2.45) is 57.2 Å². The number of hydrogen-bond donors (Lipinski definition) is 4. The zero-order chi connectivity index (χ0) is 53.3. The van der Waals surface area contributed by atoms with Crippen LogP contribution in [0.5, 0.6) is 0 Å². The van der Waals surface area contributed by atoms with E-state index in [9.17, 15) is 36.0 Å². The zero-order valence-electron chi connectivity index (χ0n) is 47.5. The van der Waals surface area contributed by atoms with Crippen LogP contribution < -0.4 is 20.1 Å². The standard InChI is InChI=1S/2C29H43N3O4S.4H2O/c2*1-20(33)31-29-17-13-23-24-10-11-26(34)27(24,2)15-14-25(23)28(29,3)16-12-22(18-29)32(37(35,36)30-4)19-21-8-6-5-7-9-21;;;;/h2*5-9,22-25,30H,10-19H2,1-4H3,(H,31,33);4*1H2/t2*22-,23+,24+,25+,27+,28-,29+;;;;/m11..../s1. The monoisotopic (exact) mass is 1130 g/mol. The van der Waals surface area contributed by atoms with Gasteiger partial charge in [-0.1, -0.05) is 88.4 Å². The van der Waals surface area contributed by atoms with Crippen LogP contribution in [0, 0.1) is 57.2 Å². The van der Waals surface area contributed by atoms with Gasteiger partial charge in [-0.05, 0) is 160 Å². The van der Waals surface area contributed by atoms with Crippen molar-refractivity contribution in [3.05, 3.63) is 71.8 Å². The second-order valence-electron chi connectivity index (χ2n) is 25.3. The number of fused-ring (bicyclic) bond motifs is 10. The summed E-state index contributed by atoms with van der Waals surface area (Å²) >= 11 is 0. The molecule has 20 heteroatoms. The van der Waals surface area contributed by atoms with E-state index < -0.39 is 31.5 Å². The molecule has 0 radical (unpaired) electrons. The molecule has 0 unspecified atom stereocenters. The zero-order valence-corrected chi connectivity index (χ0v) is 49.1. The van der Waals surface area contributed by atoms with Gasteiger partial charge in [-0.25, -0.2) is 9.44 Å². The topological polar surface area (TPSA) is 317 Å². The van der Waals surface area contributed by atoms with Gasteiger partial charge in [-0.2, -0.15) is 25.4 Å². The molecule has 8 aliphatic carbocycles. The van der Waals surface area contributed by atoms with Gasteiger partial charge in [-0.3, -0.25) is 19.2 Å². The molecular weight excluding hydrogens is 1040 g/mol. The number of hydrogen-bond acceptors (Lipinski definition) is 8. The Morgan fingerprint density at radius 1 is 0.500 bits per heavy atom. The summed E-state index contributed by atoms with van der Waals surface area (Å²) in [4.78, 5) is 51.0. The smallest absolute Gasteiger partial charge is 0.279 e. The van der Waals surface area contributed by atoms with Gasteiger partial charge < -0.3 is 32.5 Å². The molecule has 10 rings (SSSR count). The maximum Gasteiger partial charge on any atom is 0.279 e. The Morgan fingerprint density at radius 3 is 1.17 bits per heavy atom. The van der Waals surface area contributed by atoms with Gasteiger partial charge in [0.25, 0.3) is 20.4 Å². The van der Waals surface area contributed by atoms with Gasteiger partial charge >= 0.3 is 0 Å². The highest BCUT2D eigenvalue weighted by atomic mass is 32.2. The summed E-state index contributed by atoms with van der Waals surface area (Å²) < 4.78 is 61.5. The number of carbonyl (C=O) groups excluding carboxylic acids is 4. The van der Waals surface area contributed by atoms with Crippen molar-refractivity contribution in [1.29, 1.82) is 0 Å². The van der Waals surface area contributed by atoms with Crippen molar-refractivity contribution in [3.63, 3.8) is 0 Å². The second kappa shape index (κ2) is 24.0. The third-order valence-electron chi connectivity index (χ3n) is 22.2. The third-order valence-corrected chi connectivity index (χ3v) is 25.3. The summed E-state index contributed by atoms with van der Waals surface area (Å²) in [6.07, 6.45) is 15.4. The minimum absolute atomic E-state index is 0. The molecule has 2 aromatic rings. The summed E-state index contributed by atoms with van der Waals surface area (Å²) in [5, 5.41) is 6.84. The Morgan fingerprint density at radius 2 is 0.846 bits per heavy atom. The highest BCUT2D eigenvalue weighted by Crippen LogP contribution is 2.69.